The van der Waals surface area contributed by atoms with E-state index in [4.69, 9.17) is 9.47 Å². The van der Waals surface area contributed by atoms with Crippen molar-refractivity contribution in [1.82, 2.24) is 5.32 Å². The maximum absolute atomic E-state index is 12.8. The molecule has 0 amide bonds. The Morgan fingerprint density at radius 1 is 1.06 bits per heavy atom. The molecular formula is C24H26F3NO3. The number of benzene rings is 2. The molecule has 4 nitrogen and oxygen atoms in total. The Bertz CT molecular complexity index is 916. The van der Waals surface area contributed by atoms with Gasteiger partial charge in [-0.1, -0.05) is 30.3 Å². The zero-order chi connectivity index (χ0) is 21.5. The first-order valence-corrected chi connectivity index (χ1v) is 10.9. The molecule has 3 atom stereocenters. The Kier molecular flexibility index (Phi) is 5.34. The minimum Gasteiger partial charge on any atom is -0.490 e. The van der Waals surface area contributed by atoms with Gasteiger partial charge in [-0.2, -0.15) is 0 Å². The van der Waals surface area contributed by atoms with Gasteiger partial charge in [0.05, 0.1) is 24.4 Å². The second-order valence-corrected chi connectivity index (χ2v) is 8.74. The summed E-state index contributed by atoms with van der Waals surface area (Å²) in [7, 11) is 0. The fraction of sp³-hybridized carbons (Fsp3) is 0.500. The van der Waals surface area contributed by atoms with Gasteiger partial charge in [0.25, 0.3) is 0 Å². The van der Waals surface area contributed by atoms with Gasteiger partial charge in [-0.05, 0) is 62.4 Å². The molecule has 2 heterocycles. The summed E-state index contributed by atoms with van der Waals surface area (Å²) in [6.07, 6.45) is 0.00624. The van der Waals surface area contributed by atoms with Crippen LogP contribution in [0.2, 0.25) is 0 Å². The van der Waals surface area contributed by atoms with Crippen molar-refractivity contribution < 1.29 is 27.4 Å². The van der Waals surface area contributed by atoms with E-state index in [1.54, 1.807) is 6.07 Å². The smallest absolute Gasteiger partial charge is 0.490 e. The Labute approximate surface area is 179 Å². The van der Waals surface area contributed by atoms with E-state index < -0.39 is 6.36 Å². The number of hydrogen-bond acceptors (Lipinski definition) is 4. The standard InChI is InChI=1S/C24H26F3NO3/c25-24(26,27)31-19-9-10-21(30-18-7-8-18)20(13-19)17-14-23(29-15-17)11-4-12-28-22(23)16-5-2-1-3-6-16/h1-3,5-6,9-10,13,17-18,22,28H,4,7-8,11-12,14-15H2/t17-,22?,23?/m0/s1. The highest BCUT2D eigenvalue weighted by Crippen LogP contribution is 2.50. The topological polar surface area (TPSA) is 39.7 Å². The maximum Gasteiger partial charge on any atom is 0.573 e. The van der Waals surface area contributed by atoms with Crippen molar-refractivity contribution in [2.45, 2.75) is 62.1 Å². The van der Waals surface area contributed by atoms with Crippen LogP contribution in [0.1, 0.15) is 55.2 Å². The van der Waals surface area contributed by atoms with Crippen LogP contribution in [-0.2, 0) is 4.74 Å². The molecule has 2 aromatic carbocycles. The fourth-order valence-electron chi connectivity index (χ4n) is 4.92. The average Bonchev–Trinajstić information content (AvgIpc) is 3.47. The molecule has 1 saturated carbocycles. The first-order chi connectivity index (χ1) is 14.9. The van der Waals surface area contributed by atoms with Gasteiger partial charge in [0.2, 0.25) is 0 Å². The van der Waals surface area contributed by atoms with Crippen LogP contribution in [-0.4, -0.2) is 31.2 Å². The van der Waals surface area contributed by atoms with Gasteiger partial charge in [0.1, 0.15) is 11.5 Å². The van der Waals surface area contributed by atoms with E-state index in [2.05, 4.69) is 22.2 Å². The summed E-state index contributed by atoms with van der Waals surface area (Å²) in [6, 6.07) is 14.7. The predicted octanol–water partition coefficient (Wildman–Crippen LogP) is 5.49. The largest absolute Gasteiger partial charge is 0.573 e. The van der Waals surface area contributed by atoms with Crippen LogP contribution < -0.4 is 14.8 Å². The number of nitrogens with one attached hydrogen (secondary N) is 1. The molecule has 0 aromatic heterocycles. The fourth-order valence-corrected chi connectivity index (χ4v) is 4.92. The summed E-state index contributed by atoms with van der Waals surface area (Å²) >= 11 is 0. The number of hydrogen-bond donors (Lipinski definition) is 1. The molecule has 2 unspecified atom stereocenters. The predicted molar refractivity (Wildman–Crippen MR) is 109 cm³/mol. The van der Waals surface area contributed by atoms with Crippen molar-refractivity contribution >= 4 is 0 Å². The lowest BCUT2D eigenvalue weighted by molar-refractivity contribution is -0.274. The first-order valence-electron chi connectivity index (χ1n) is 10.9. The first kappa shape index (κ1) is 20.6. The molecular weight excluding hydrogens is 407 g/mol. The Balaban J connectivity index is 1.44. The summed E-state index contributed by atoms with van der Waals surface area (Å²) in [5.41, 5.74) is 1.52. The van der Waals surface area contributed by atoms with E-state index in [9.17, 15) is 13.2 Å². The van der Waals surface area contributed by atoms with E-state index in [0.717, 1.165) is 44.2 Å². The van der Waals surface area contributed by atoms with E-state index >= 15 is 0 Å². The SMILES string of the molecule is FC(F)(F)Oc1ccc(OC2CC2)c([C@@H]2COC3(CCCNC3c3ccccc3)C2)c1. The number of halogens is 3. The number of ether oxygens (including phenoxy) is 3. The molecule has 3 fully saturated rings. The van der Waals surface area contributed by atoms with E-state index in [0.29, 0.717) is 12.4 Å². The molecule has 1 spiro atoms. The van der Waals surface area contributed by atoms with Gasteiger partial charge in [-0.25, -0.2) is 0 Å². The monoisotopic (exact) mass is 433 g/mol. The van der Waals surface area contributed by atoms with Crippen LogP contribution in [0.15, 0.2) is 48.5 Å². The molecule has 2 saturated heterocycles. The molecule has 0 bridgehead atoms. The lowest BCUT2D eigenvalue weighted by atomic mass is 9.77. The van der Waals surface area contributed by atoms with Crippen LogP contribution in [0, 0.1) is 0 Å². The zero-order valence-corrected chi connectivity index (χ0v) is 17.2. The number of piperidine rings is 1. The van der Waals surface area contributed by atoms with Gasteiger partial charge in [-0.3, -0.25) is 0 Å². The Morgan fingerprint density at radius 3 is 2.61 bits per heavy atom. The molecule has 2 aliphatic heterocycles. The van der Waals surface area contributed by atoms with Crippen molar-refractivity contribution in [3.63, 3.8) is 0 Å². The molecule has 2 aromatic rings. The minimum atomic E-state index is -4.73. The molecule has 3 aliphatic rings. The highest BCUT2D eigenvalue weighted by Gasteiger charge is 2.49. The molecule has 1 N–H and O–H groups in total. The van der Waals surface area contributed by atoms with Crippen molar-refractivity contribution in [2.24, 2.45) is 0 Å². The van der Waals surface area contributed by atoms with Crippen molar-refractivity contribution in [3.05, 3.63) is 59.7 Å². The summed E-state index contributed by atoms with van der Waals surface area (Å²) in [6.45, 7) is 1.36. The third-order valence-electron chi connectivity index (χ3n) is 6.42. The molecule has 166 valence electrons. The normalized spacial score (nSPS) is 28.6. The van der Waals surface area contributed by atoms with E-state index in [1.807, 2.05) is 18.2 Å². The highest BCUT2D eigenvalue weighted by atomic mass is 19.4. The second kappa shape index (κ2) is 8.02. The lowest BCUT2D eigenvalue weighted by Gasteiger charge is -2.41. The third kappa shape index (κ3) is 4.53. The van der Waals surface area contributed by atoms with E-state index in [-0.39, 0.29) is 29.4 Å². The maximum atomic E-state index is 12.8. The molecule has 7 heteroatoms. The van der Waals surface area contributed by atoms with Gasteiger partial charge < -0.3 is 19.5 Å². The highest BCUT2D eigenvalue weighted by molar-refractivity contribution is 5.44. The Morgan fingerprint density at radius 2 is 1.87 bits per heavy atom. The van der Waals surface area contributed by atoms with Crippen molar-refractivity contribution in [2.75, 3.05) is 13.2 Å². The number of rotatable bonds is 5. The quantitative estimate of drug-likeness (QED) is 0.677. The van der Waals surface area contributed by atoms with Crippen LogP contribution in [0.3, 0.4) is 0 Å². The second-order valence-electron chi connectivity index (χ2n) is 8.74. The molecule has 5 rings (SSSR count). The lowest BCUT2D eigenvalue weighted by Crippen LogP contribution is -2.48. The van der Waals surface area contributed by atoms with Crippen LogP contribution in [0.4, 0.5) is 13.2 Å². The molecule has 0 radical (unpaired) electrons. The van der Waals surface area contributed by atoms with Gasteiger partial charge in [0, 0.05) is 11.5 Å². The average molecular weight is 433 g/mol. The summed E-state index contributed by atoms with van der Waals surface area (Å²) in [5, 5.41) is 3.61. The van der Waals surface area contributed by atoms with Gasteiger partial charge >= 0.3 is 6.36 Å². The van der Waals surface area contributed by atoms with Crippen molar-refractivity contribution in [1.29, 1.82) is 0 Å². The molecule has 31 heavy (non-hydrogen) atoms. The Hall–Kier alpha value is -2.25. The van der Waals surface area contributed by atoms with Crippen molar-refractivity contribution in [3.8, 4) is 11.5 Å². The number of alkyl halides is 3. The summed E-state index contributed by atoms with van der Waals surface area (Å²) in [5.74, 6) is 0.368. The van der Waals surface area contributed by atoms with Crippen LogP contribution in [0.5, 0.6) is 11.5 Å². The molecule has 1 aliphatic carbocycles. The summed E-state index contributed by atoms with van der Waals surface area (Å²) < 4.78 is 55.1. The minimum absolute atomic E-state index is 0.0508. The van der Waals surface area contributed by atoms with Crippen LogP contribution >= 0.6 is 0 Å². The zero-order valence-electron chi connectivity index (χ0n) is 17.2. The van der Waals surface area contributed by atoms with Gasteiger partial charge in [0.15, 0.2) is 0 Å². The van der Waals surface area contributed by atoms with E-state index in [1.165, 1.54) is 17.7 Å². The van der Waals surface area contributed by atoms with Gasteiger partial charge in [-0.15, -0.1) is 13.2 Å². The van der Waals surface area contributed by atoms with Crippen LogP contribution in [0.25, 0.3) is 0 Å². The summed E-state index contributed by atoms with van der Waals surface area (Å²) in [4.78, 5) is 0. The third-order valence-corrected chi connectivity index (χ3v) is 6.42.